The fraction of sp³-hybridized carbons (Fsp3) is 0.824. The van der Waals surface area contributed by atoms with E-state index in [0.29, 0.717) is 12.5 Å². The Morgan fingerprint density at radius 3 is 2.59 bits per heavy atom. The summed E-state index contributed by atoms with van der Waals surface area (Å²) in [6, 6.07) is 0. The number of ether oxygens (including phenoxy) is 1. The Morgan fingerprint density at radius 1 is 1.50 bits per heavy atom. The van der Waals surface area contributed by atoms with Crippen molar-refractivity contribution >= 4 is 5.97 Å². The number of aliphatic hydroxyl groups excluding tert-OH is 1. The number of nitrogens with two attached hydrogens (primary N) is 1. The van der Waals surface area contributed by atoms with Crippen LogP contribution >= 0.6 is 0 Å². The van der Waals surface area contributed by atoms with Crippen LogP contribution in [0.4, 0.5) is 0 Å². The molecule has 3 unspecified atom stereocenters. The first-order valence-electron chi connectivity index (χ1n) is 7.94. The number of carbonyl (C=O) groups is 1. The summed E-state index contributed by atoms with van der Waals surface area (Å²) in [5.41, 5.74) is 4.75. The van der Waals surface area contributed by atoms with E-state index in [2.05, 4.69) is 32.7 Å². The van der Waals surface area contributed by atoms with Crippen molar-refractivity contribution in [2.45, 2.75) is 71.2 Å². The molecule has 0 aliphatic heterocycles. The number of nitrogens with one attached hydrogen (secondary N) is 1. The summed E-state index contributed by atoms with van der Waals surface area (Å²) in [6.07, 6.45) is 3.05. The van der Waals surface area contributed by atoms with Gasteiger partial charge in [0.25, 0.3) is 0 Å². The van der Waals surface area contributed by atoms with Crippen LogP contribution in [-0.2, 0) is 9.53 Å². The van der Waals surface area contributed by atoms with Crippen molar-refractivity contribution in [1.29, 1.82) is 0 Å². The van der Waals surface area contributed by atoms with Crippen LogP contribution in [0.25, 0.3) is 0 Å². The second kappa shape index (κ2) is 6.69. The minimum atomic E-state index is -1.03. The lowest BCUT2D eigenvalue weighted by atomic mass is 9.64. The van der Waals surface area contributed by atoms with Crippen LogP contribution in [-0.4, -0.2) is 35.0 Å². The lowest BCUT2D eigenvalue weighted by molar-refractivity contribution is -0.167. The summed E-state index contributed by atoms with van der Waals surface area (Å²) in [5.74, 6) is -0.118. The van der Waals surface area contributed by atoms with Crippen LogP contribution in [0.5, 0.6) is 0 Å². The van der Waals surface area contributed by atoms with E-state index >= 15 is 0 Å². The Bertz CT molecular complexity index is 420. The molecule has 3 atom stereocenters. The summed E-state index contributed by atoms with van der Waals surface area (Å²) in [5, 5.41) is 13.8. The zero-order valence-corrected chi connectivity index (χ0v) is 14.6. The van der Waals surface area contributed by atoms with Gasteiger partial charge < -0.3 is 15.6 Å². The summed E-state index contributed by atoms with van der Waals surface area (Å²) in [4.78, 5) is 11.4. The van der Waals surface area contributed by atoms with Gasteiger partial charge in [0.1, 0.15) is 11.8 Å². The topological polar surface area (TPSA) is 84.6 Å². The molecule has 1 fully saturated rings. The molecule has 0 radical (unpaired) electrons. The Hall–Kier alpha value is -0.910. The summed E-state index contributed by atoms with van der Waals surface area (Å²) < 4.78 is 5.25. The maximum absolute atomic E-state index is 11.4. The van der Waals surface area contributed by atoms with Gasteiger partial charge in [-0.25, -0.2) is 4.79 Å². The summed E-state index contributed by atoms with van der Waals surface area (Å²) in [7, 11) is 0. The third-order valence-electron chi connectivity index (χ3n) is 4.46. The molecule has 0 bridgehead atoms. The Balaban J connectivity index is 2.81. The van der Waals surface area contributed by atoms with Crippen molar-refractivity contribution in [3.63, 3.8) is 0 Å². The lowest BCUT2D eigenvalue weighted by Crippen LogP contribution is -2.60. The molecular formula is C17H32N2O3. The van der Waals surface area contributed by atoms with E-state index in [9.17, 15) is 9.90 Å². The molecule has 1 aliphatic rings. The molecule has 0 aromatic heterocycles. The predicted octanol–water partition coefficient (Wildman–Crippen LogP) is 1.95. The van der Waals surface area contributed by atoms with E-state index in [4.69, 9.17) is 10.5 Å². The average Bonchev–Trinajstić information content (AvgIpc) is 2.34. The van der Waals surface area contributed by atoms with Crippen LogP contribution in [0, 0.1) is 11.3 Å². The van der Waals surface area contributed by atoms with Crippen molar-refractivity contribution < 1.29 is 14.6 Å². The smallest absolute Gasteiger partial charge is 0.330 e. The molecule has 0 aromatic carbocycles. The van der Waals surface area contributed by atoms with Crippen LogP contribution in [0.3, 0.4) is 0 Å². The van der Waals surface area contributed by atoms with Crippen molar-refractivity contribution in [3.05, 3.63) is 12.7 Å². The first-order chi connectivity index (χ1) is 9.93. The normalized spacial score (nSPS) is 29.7. The van der Waals surface area contributed by atoms with Crippen LogP contribution < -0.4 is 11.1 Å². The van der Waals surface area contributed by atoms with Gasteiger partial charge in [0.2, 0.25) is 0 Å². The summed E-state index contributed by atoms with van der Waals surface area (Å²) >= 11 is 0. The Kier molecular flexibility index (Phi) is 5.82. The maximum atomic E-state index is 11.4. The lowest BCUT2D eigenvalue weighted by Gasteiger charge is -2.49. The SMILES string of the molecule is C=CC(=O)OC(C)(C)C(O)NC1(C)CC(CN)CC(C)(C)C1. The standard InChI is InChI=1S/C17H32N2O3/c1-7-13(20)22-16(4,5)14(21)19-17(6)9-12(10-18)8-15(2,3)11-17/h7,12,14,19,21H,1,8-11,18H2,2-6H3. The highest BCUT2D eigenvalue weighted by atomic mass is 16.6. The highest BCUT2D eigenvalue weighted by Crippen LogP contribution is 2.44. The zero-order valence-electron chi connectivity index (χ0n) is 14.6. The fourth-order valence-corrected chi connectivity index (χ4v) is 3.83. The summed E-state index contributed by atoms with van der Waals surface area (Å²) in [6.45, 7) is 14.0. The van der Waals surface area contributed by atoms with Crippen LogP contribution in [0.2, 0.25) is 0 Å². The molecule has 0 heterocycles. The minimum absolute atomic E-state index is 0.158. The second-order valence-corrected chi connectivity index (χ2v) is 8.19. The predicted molar refractivity (Wildman–Crippen MR) is 88.1 cm³/mol. The molecule has 1 rings (SSSR count). The van der Waals surface area contributed by atoms with Gasteiger partial charge >= 0.3 is 5.97 Å². The molecule has 0 amide bonds. The number of hydrogen-bond donors (Lipinski definition) is 3. The third kappa shape index (κ3) is 5.07. The average molecular weight is 312 g/mol. The molecule has 0 spiro atoms. The Labute approximate surface area is 134 Å². The van der Waals surface area contributed by atoms with E-state index in [1.165, 1.54) is 0 Å². The molecule has 128 valence electrons. The van der Waals surface area contributed by atoms with Crippen LogP contribution in [0.1, 0.15) is 53.9 Å². The van der Waals surface area contributed by atoms with E-state index in [-0.39, 0.29) is 11.0 Å². The molecule has 0 aromatic rings. The van der Waals surface area contributed by atoms with Gasteiger partial charge in [0.05, 0.1) is 0 Å². The van der Waals surface area contributed by atoms with Gasteiger partial charge in [-0.1, -0.05) is 20.4 Å². The van der Waals surface area contributed by atoms with Gasteiger partial charge in [-0.3, -0.25) is 5.32 Å². The van der Waals surface area contributed by atoms with Crippen molar-refractivity contribution in [1.82, 2.24) is 5.32 Å². The number of rotatable bonds is 6. The van der Waals surface area contributed by atoms with Crippen molar-refractivity contribution in [3.8, 4) is 0 Å². The molecule has 22 heavy (non-hydrogen) atoms. The number of hydrogen-bond acceptors (Lipinski definition) is 5. The fourth-order valence-electron chi connectivity index (χ4n) is 3.83. The molecular weight excluding hydrogens is 280 g/mol. The van der Waals surface area contributed by atoms with Crippen LogP contribution in [0.15, 0.2) is 12.7 Å². The van der Waals surface area contributed by atoms with E-state index < -0.39 is 17.8 Å². The van der Waals surface area contributed by atoms with Gasteiger partial charge in [-0.05, 0) is 57.9 Å². The molecule has 1 aliphatic carbocycles. The molecule has 4 N–H and O–H groups in total. The van der Waals surface area contributed by atoms with Gasteiger partial charge in [0, 0.05) is 11.6 Å². The Morgan fingerprint density at radius 2 is 2.09 bits per heavy atom. The molecule has 0 saturated heterocycles. The van der Waals surface area contributed by atoms with Crippen molar-refractivity contribution in [2.75, 3.05) is 6.54 Å². The highest BCUT2D eigenvalue weighted by Gasteiger charge is 2.44. The minimum Gasteiger partial charge on any atom is -0.452 e. The molecule has 1 saturated carbocycles. The molecule has 5 heteroatoms. The first kappa shape index (κ1) is 19.1. The van der Waals surface area contributed by atoms with E-state index in [1.54, 1.807) is 13.8 Å². The molecule has 5 nitrogen and oxygen atoms in total. The van der Waals surface area contributed by atoms with Gasteiger partial charge in [-0.2, -0.15) is 0 Å². The van der Waals surface area contributed by atoms with Crippen molar-refractivity contribution in [2.24, 2.45) is 17.1 Å². The number of aliphatic hydroxyl groups is 1. The van der Waals surface area contributed by atoms with Gasteiger partial charge in [0.15, 0.2) is 0 Å². The monoisotopic (exact) mass is 312 g/mol. The largest absolute Gasteiger partial charge is 0.452 e. The first-order valence-corrected chi connectivity index (χ1v) is 7.94. The maximum Gasteiger partial charge on any atom is 0.330 e. The van der Waals surface area contributed by atoms with E-state index in [0.717, 1.165) is 25.3 Å². The highest BCUT2D eigenvalue weighted by molar-refractivity contribution is 5.81. The number of esters is 1. The quantitative estimate of drug-likeness (QED) is 0.396. The second-order valence-electron chi connectivity index (χ2n) is 8.19. The van der Waals surface area contributed by atoms with E-state index in [1.807, 2.05) is 0 Å². The third-order valence-corrected chi connectivity index (χ3v) is 4.46. The van der Waals surface area contributed by atoms with Gasteiger partial charge in [-0.15, -0.1) is 0 Å². The number of carbonyl (C=O) groups excluding carboxylic acids is 1. The zero-order chi connectivity index (χ0) is 17.2.